The van der Waals surface area contributed by atoms with Gasteiger partial charge in [0.2, 0.25) is 5.71 Å². The van der Waals surface area contributed by atoms with Crippen LogP contribution < -0.4 is 15.9 Å². The number of hydrogen-bond donors (Lipinski definition) is 3. The van der Waals surface area contributed by atoms with Crippen LogP contribution in [0.4, 0.5) is 14.5 Å². The highest BCUT2D eigenvalue weighted by molar-refractivity contribution is 6.45. The van der Waals surface area contributed by atoms with E-state index in [9.17, 15) is 8.78 Å². The first-order chi connectivity index (χ1) is 10.0. The van der Waals surface area contributed by atoms with Crippen molar-refractivity contribution < 1.29 is 13.5 Å². The van der Waals surface area contributed by atoms with Gasteiger partial charge in [-0.15, -0.1) is 0 Å². The molecule has 110 valence electrons. The summed E-state index contributed by atoms with van der Waals surface area (Å²) in [6.45, 7) is 0. The van der Waals surface area contributed by atoms with Crippen molar-refractivity contribution in [2.24, 2.45) is 10.8 Å². The minimum absolute atomic E-state index is 0.0139. The van der Waals surface area contributed by atoms with Crippen molar-refractivity contribution in [3.05, 3.63) is 23.8 Å². The number of rotatable bonds is 5. The van der Waals surface area contributed by atoms with Gasteiger partial charge in [-0.3, -0.25) is 10.8 Å². The Hall–Kier alpha value is -2.69. The average Bonchev–Trinajstić information content (AvgIpc) is 2.36. The summed E-state index contributed by atoms with van der Waals surface area (Å²) < 4.78 is 32.9. The minimum atomic E-state index is -0.860. The molecule has 0 amide bonds. The molecule has 0 heterocycles. The van der Waals surface area contributed by atoms with Crippen molar-refractivity contribution in [1.29, 1.82) is 10.7 Å². The molecule has 1 fully saturated rings. The first-order valence-corrected chi connectivity index (χ1v) is 6.25. The molecule has 6 nitrogen and oxygen atoms in total. The van der Waals surface area contributed by atoms with Gasteiger partial charge in [0.1, 0.15) is 6.07 Å². The van der Waals surface area contributed by atoms with Gasteiger partial charge >= 0.3 is 0 Å². The van der Waals surface area contributed by atoms with Crippen LogP contribution in [0, 0.1) is 28.4 Å². The van der Waals surface area contributed by atoms with Crippen LogP contribution in [-0.4, -0.2) is 17.7 Å². The normalized spacial score (nSPS) is 15.0. The Kier molecular flexibility index (Phi) is 4.33. The summed E-state index contributed by atoms with van der Waals surface area (Å²) in [5.41, 5.74) is 6.97. The lowest BCUT2D eigenvalue weighted by molar-refractivity contribution is 0.109. The Balaban J connectivity index is 2.15. The lowest BCUT2D eigenvalue weighted by Crippen LogP contribution is -2.25. The summed E-state index contributed by atoms with van der Waals surface area (Å²) in [7, 11) is 0. The zero-order valence-electron chi connectivity index (χ0n) is 11.0. The van der Waals surface area contributed by atoms with E-state index in [1.165, 1.54) is 0 Å². The second-order valence-corrected chi connectivity index (χ2v) is 4.54. The predicted octanol–water partition coefficient (Wildman–Crippen LogP) is 2.12. The number of nitriles is 1. The Morgan fingerprint density at radius 2 is 2.05 bits per heavy atom. The number of halogens is 2. The fraction of sp³-hybridized carbons (Fsp3) is 0.308. The number of nitrogens with one attached hydrogen (secondary N) is 2. The first kappa shape index (κ1) is 14.7. The fourth-order valence-electron chi connectivity index (χ4n) is 1.66. The van der Waals surface area contributed by atoms with E-state index >= 15 is 0 Å². The van der Waals surface area contributed by atoms with Crippen molar-refractivity contribution in [2.45, 2.75) is 25.4 Å². The molecule has 0 saturated heterocycles. The SMILES string of the molecule is N#C/C(=N\Nc1cc(F)c(OC2CCC2)c(F)c1)C(=N)N. The Labute approximate surface area is 119 Å². The largest absolute Gasteiger partial charge is 0.484 e. The topological polar surface area (TPSA) is 107 Å². The monoisotopic (exact) mass is 293 g/mol. The lowest BCUT2D eigenvalue weighted by atomic mass is 9.96. The highest BCUT2D eigenvalue weighted by Gasteiger charge is 2.23. The van der Waals surface area contributed by atoms with Gasteiger partial charge in [0, 0.05) is 12.1 Å². The summed E-state index contributed by atoms with van der Waals surface area (Å²) in [5.74, 6) is -2.68. The number of nitrogens with two attached hydrogens (primary N) is 1. The number of anilines is 1. The molecule has 1 aliphatic rings. The summed E-state index contributed by atoms with van der Waals surface area (Å²) in [5, 5.41) is 19.2. The molecule has 1 saturated carbocycles. The first-order valence-electron chi connectivity index (χ1n) is 6.25. The van der Waals surface area contributed by atoms with E-state index in [-0.39, 0.29) is 17.5 Å². The second-order valence-electron chi connectivity index (χ2n) is 4.54. The van der Waals surface area contributed by atoms with E-state index in [0.717, 1.165) is 31.4 Å². The molecule has 0 atom stereocenters. The highest BCUT2D eigenvalue weighted by atomic mass is 19.1. The van der Waals surface area contributed by atoms with Crippen molar-refractivity contribution in [2.75, 3.05) is 5.43 Å². The maximum absolute atomic E-state index is 13.8. The average molecular weight is 293 g/mol. The van der Waals surface area contributed by atoms with Crippen molar-refractivity contribution in [3.8, 4) is 11.8 Å². The van der Waals surface area contributed by atoms with Crippen molar-refractivity contribution in [3.63, 3.8) is 0 Å². The van der Waals surface area contributed by atoms with Crippen LogP contribution in [0.5, 0.6) is 5.75 Å². The molecular formula is C13H13F2N5O. The van der Waals surface area contributed by atoms with E-state index in [1.54, 1.807) is 6.07 Å². The minimum Gasteiger partial charge on any atom is -0.484 e. The molecule has 0 aliphatic heterocycles. The zero-order valence-corrected chi connectivity index (χ0v) is 11.0. The molecule has 1 aromatic rings. The Morgan fingerprint density at radius 1 is 1.43 bits per heavy atom. The maximum atomic E-state index is 13.8. The van der Waals surface area contributed by atoms with Crippen LogP contribution in [0.15, 0.2) is 17.2 Å². The third-order valence-electron chi connectivity index (χ3n) is 2.99. The number of amidine groups is 1. The standard InChI is InChI=1S/C13H13F2N5O/c14-9-4-7(19-20-11(6-16)13(17)18)5-10(15)12(9)21-8-2-1-3-8/h4-5,8,19H,1-3H2,(H3,17,18)/b20-11+. The molecule has 0 spiro atoms. The van der Waals surface area contributed by atoms with Gasteiger partial charge in [0.25, 0.3) is 0 Å². The molecule has 1 aliphatic carbocycles. The number of ether oxygens (including phenoxy) is 1. The quantitative estimate of drug-likeness (QED) is 0.439. The molecule has 0 bridgehead atoms. The van der Waals surface area contributed by atoms with Crippen LogP contribution in [0.25, 0.3) is 0 Å². The molecule has 21 heavy (non-hydrogen) atoms. The van der Waals surface area contributed by atoms with E-state index in [2.05, 4.69) is 10.5 Å². The molecule has 0 radical (unpaired) electrons. The van der Waals surface area contributed by atoms with Gasteiger partial charge in [-0.1, -0.05) is 0 Å². The van der Waals surface area contributed by atoms with Gasteiger partial charge in [0.05, 0.1) is 11.8 Å². The van der Waals surface area contributed by atoms with Gasteiger partial charge in [-0.2, -0.15) is 10.4 Å². The van der Waals surface area contributed by atoms with Gasteiger partial charge in [-0.25, -0.2) is 8.78 Å². The third-order valence-corrected chi connectivity index (χ3v) is 2.99. The molecular weight excluding hydrogens is 280 g/mol. The summed E-state index contributed by atoms with van der Waals surface area (Å²) in [6, 6.07) is 3.57. The number of benzene rings is 1. The van der Waals surface area contributed by atoms with E-state index in [4.69, 9.17) is 21.1 Å². The summed E-state index contributed by atoms with van der Waals surface area (Å²) >= 11 is 0. The number of nitrogens with zero attached hydrogens (tertiary/aromatic N) is 2. The van der Waals surface area contributed by atoms with E-state index < -0.39 is 23.2 Å². The van der Waals surface area contributed by atoms with Gasteiger partial charge < -0.3 is 10.5 Å². The van der Waals surface area contributed by atoms with Crippen LogP contribution >= 0.6 is 0 Å². The molecule has 4 N–H and O–H groups in total. The van der Waals surface area contributed by atoms with Crippen molar-refractivity contribution in [1.82, 2.24) is 0 Å². The van der Waals surface area contributed by atoms with Crippen LogP contribution in [0.2, 0.25) is 0 Å². The van der Waals surface area contributed by atoms with Crippen LogP contribution in [-0.2, 0) is 0 Å². The van der Waals surface area contributed by atoms with Crippen LogP contribution in [0.3, 0.4) is 0 Å². The maximum Gasteiger partial charge on any atom is 0.201 e. The second kappa shape index (κ2) is 6.17. The van der Waals surface area contributed by atoms with Crippen molar-refractivity contribution >= 4 is 17.2 Å². The summed E-state index contributed by atoms with van der Waals surface area (Å²) in [4.78, 5) is 0. The Morgan fingerprint density at radius 3 is 2.48 bits per heavy atom. The Bertz CT molecular complexity index is 611. The summed E-state index contributed by atoms with van der Waals surface area (Å²) in [6.07, 6.45) is 2.42. The van der Waals surface area contributed by atoms with E-state index in [0.29, 0.717) is 0 Å². The molecule has 0 aromatic heterocycles. The number of hydrazone groups is 1. The molecule has 2 rings (SSSR count). The fourth-order valence-corrected chi connectivity index (χ4v) is 1.66. The third kappa shape index (κ3) is 3.45. The van der Waals surface area contributed by atoms with Gasteiger partial charge in [-0.05, 0) is 19.3 Å². The molecule has 8 heteroatoms. The van der Waals surface area contributed by atoms with E-state index in [1.807, 2.05) is 0 Å². The lowest BCUT2D eigenvalue weighted by Gasteiger charge is -2.26. The highest BCUT2D eigenvalue weighted by Crippen LogP contribution is 2.31. The van der Waals surface area contributed by atoms with Crippen LogP contribution in [0.1, 0.15) is 19.3 Å². The van der Waals surface area contributed by atoms with Gasteiger partial charge in [0.15, 0.2) is 23.2 Å². The number of hydrogen-bond acceptors (Lipinski definition) is 5. The smallest absolute Gasteiger partial charge is 0.201 e. The zero-order chi connectivity index (χ0) is 15.4. The predicted molar refractivity (Wildman–Crippen MR) is 73.2 cm³/mol. The molecule has 0 unspecified atom stereocenters. The molecule has 1 aromatic carbocycles.